The maximum absolute atomic E-state index is 4.70. The number of hydrogen-bond donors (Lipinski definition) is 2. The first-order valence-corrected chi connectivity index (χ1v) is 10.1. The van der Waals surface area contributed by atoms with Crippen LogP contribution in [-0.4, -0.2) is 56.6 Å². The highest BCUT2D eigenvalue weighted by Gasteiger charge is 2.44. The molecule has 2 aliphatic heterocycles. The second kappa shape index (κ2) is 6.33. The van der Waals surface area contributed by atoms with Crippen LogP contribution in [0.5, 0.6) is 0 Å². The Kier molecular flexibility index (Phi) is 3.95. The molecule has 3 aromatic rings. The number of nitrogens with zero attached hydrogens (tertiary/aromatic N) is 4. The molecule has 0 amide bonds. The van der Waals surface area contributed by atoms with Crippen molar-refractivity contribution in [3.63, 3.8) is 0 Å². The van der Waals surface area contributed by atoms with Gasteiger partial charge in [0.15, 0.2) is 0 Å². The minimum Gasteiger partial charge on any atom is -0.348 e. The van der Waals surface area contributed by atoms with Crippen LogP contribution >= 0.6 is 11.3 Å². The molecule has 1 spiro atoms. The van der Waals surface area contributed by atoms with Gasteiger partial charge in [0, 0.05) is 49.4 Å². The summed E-state index contributed by atoms with van der Waals surface area (Å²) >= 11 is 1.86. The Morgan fingerprint density at radius 1 is 1.19 bits per heavy atom. The van der Waals surface area contributed by atoms with E-state index in [1.807, 2.05) is 29.9 Å². The molecule has 2 N–H and O–H groups in total. The maximum Gasteiger partial charge on any atom is 0.0926 e. The van der Waals surface area contributed by atoms with Crippen molar-refractivity contribution < 1.29 is 0 Å². The van der Waals surface area contributed by atoms with Crippen LogP contribution < -0.4 is 0 Å². The number of piperidine rings is 1. The molecule has 5 heterocycles. The van der Waals surface area contributed by atoms with E-state index in [2.05, 4.69) is 44.2 Å². The van der Waals surface area contributed by atoms with E-state index in [-0.39, 0.29) is 5.54 Å². The molecule has 1 fully saturated rings. The fraction of sp³-hybridized carbons (Fsp3) is 0.474. The Labute approximate surface area is 157 Å². The van der Waals surface area contributed by atoms with Crippen LogP contribution in [0.3, 0.4) is 0 Å². The molecular weight excluding hydrogens is 344 g/mol. The minimum atomic E-state index is 0.126. The fourth-order valence-corrected chi connectivity index (χ4v) is 5.53. The molecule has 0 bridgehead atoms. The van der Waals surface area contributed by atoms with Gasteiger partial charge in [-0.1, -0.05) is 0 Å². The standard InChI is InChI=1S/C19H24N6S/c1-24-9-5-16-18(21-13-20-16)19(24)6-10-25(11-7-19)12-14-2-3-17(26-14)15-4-8-22-23-15/h2-4,8,13H,5-7,9-12H2,1H3,(H,20,21)(H,22,23). The van der Waals surface area contributed by atoms with Crippen molar-refractivity contribution in [2.75, 3.05) is 26.7 Å². The fourth-order valence-electron chi connectivity index (χ4n) is 4.51. The van der Waals surface area contributed by atoms with Gasteiger partial charge in [-0.3, -0.25) is 14.9 Å². The predicted molar refractivity (Wildman–Crippen MR) is 103 cm³/mol. The summed E-state index contributed by atoms with van der Waals surface area (Å²) in [6.07, 6.45) is 7.08. The number of imidazole rings is 1. The van der Waals surface area contributed by atoms with E-state index in [9.17, 15) is 0 Å². The van der Waals surface area contributed by atoms with E-state index in [0.29, 0.717) is 0 Å². The largest absolute Gasteiger partial charge is 0.348 e. The molecule has 7 heteroatoms. The van der Waals surface area contributed by atoms with Crippen LogP contribution in [0.15, 0.2) is 30.7 Å². The van der Waals surface area contributed by atoms with Gasteiger partial charge in [-0.05, 0) is 38.1 Å². The van der Waals surface area contributed by atoms with Crippen molar-refractivity contribution in [1.29, 1.82) is 0 Å². The summed E-state index contributed by atoms with van der Waals surface area (Å²) in [7, 11) is 2.27. The first kappa shape index (κ1) is 16.2. The molecule has 2 aliphatic rings. The number of aromatic nitrogens is 4. The Balaban J connectivity index is 1.28. The second-order valence-corrected chi connectivity index (χ2v) is 8.61. The Morgan fingerprint density at radius 2 is 2.08 bits per heavy atom. The van der Waals surface area contributed by atoms with E-state index in [0.717, 1.165) is 51.1 Å². The monoisotopic (exact) mass is 368 g/mol. The average Bonchev–Trinajstić information content (AvgIpc) is 3.40. The number of nitrogens with one attached hydrogen (secondary N) is 2. The number of aromatic amines is 2. The van der Waals surface area contributed by atoms with E-state index in [1.54, 1.807) is 0 Å². The normalized spacial score (nSPS) is 20.5. The lowest BCUT2D eigenvalue weighted by molar-refractivity contribution is 0.0224. The first-order chi connectivity index (χ1) is 12.7. The molecule has 26 heavy (non-hydrogen) atoms. The summed E-state index contributed by atoms with van der Waals surface area (Å²) in [5.41, 5.74) is 3.87. The van der Waals surface area contributed by atoms with Crippen LogP contribution in [0.2, 0.25) is 0 Å². The summed E-state index contributed by atoms with van der Waals surface area (Å²) in [4.78, 5) is 15.9. The van der Waals surface area contributed by atoms with E-state index < -0.39 is 0 Å². The Morgan fingerprint density at radius 3 is 2.88 bits per heavy atom. The number of likely N-dealkylation sites (N-methyl/N-ethyl adjacent to an activating group) is 1. The van der Waals surface area contributed by atoms with Gasteiger partial charge in [0.1, 0.15) is 0 Å². The number of fused-ring (bicyclic) bond motifs is 2. The SMILES string of the molecule is CN1CCc2[nH]cnc2C12CCN(Cc1ccc(-c3ccn[nH]3)s1)CC2. The molecule has 0 unspecified atom stereocenters. The Bertz CT molecular complexity index is 872. The summed E-state index contributed by atoms with van der Waals surface area (Å²) in [6.45, 7) is 4.39. The van der Waals surface area contributed by atoms with Gasteiger partial charge in [-0.2, -0.15) is 5.10 Å². The lowest BCUT2D eigenvalue weighted by atomic mass is 9.79. The molecule has 0 aliphatic carbocycles. The van der Waals surface area contributed by atoms with Crippen molar-refractivity contribution in [3.05, 3.63) is 47.0 Å². The van der Waals surface area contributed by atoms with Crippen LogP contribution in [0.1, 0.15) is 29.1 Å². The average molecular weight is 369 g/mol. The number of thiophene rings is 1. The van der Waals surface area contributed by atoms with Gasteiger partial charge in [-0.25, -0.2) is 4.98 Å². The highest BCUT2D eigenvalue weighted by Crippen LogP contribution is 2.41. The Hall–Kier alpha value is -1.96. The van der Waals surface area contributed by atoms with Crippen LogP contribution in [0, 0.1) is 0 Å². The van der Waals surface area contributed by atoms with Gasteiger partial charge in [0.2, 0.25) is 0 Å². The van der Waals surface area contributed by atoms with Gasteiger partial charge in [0.25, 0.3) is 0 Å². The number of rotatable bonds is 3. The second-order valence-electron chi connectivity index (χ2n) is 7.45. The summed E-state index contributed by atoms with van der Waals surface area (Å²) in [5, 5.41) is 7.10. The molecule has 136 valence electrons. The van der Waals surface area contributed by atoms with Crippen molar-refractivity contribution in [1.82, 2.24) is 30.0 Å². The zero-order chi connectivity index (χ0) is 17.6. The van der Waals surface area contributed by atoms with Gasteiger partial charge < -0.3 is 4.98 Å². The van der Waals surface area contributed by atoms with E-state index in [1.165, 1.54) is 21.1 Å². The first-order valence-electron chi connectivity index (χ1n) is 9.29. The van der Waals surface area contributed by atoms with E-state index >= 15 is 0 Å². The van der Waals surface area contributed by atoms with Gasteiger partial charge in [0.05, 0.1) is 28.1 Å². The molecule has 5 rings (SSSR count). The summed E-state index contributed by atoms with van der Waals surface area (Å²) in [6, 6.07) is 6.48. The smallest absolute Gasteiger partial charge is 0.0926 e. The molecule has 0 saturated carbocycles. The molecule has 3 aromatic heterocycles. The third-order valence-corrected chi connectivity index (χ3v) is 7.18. The zero-order valence-corrected chi connectivity index (χ0v) is 15.9. The van der Waals surface area contributed by atoms with E-state index in [4.69, 9.17) is 4.98 Å². The van der Waals surface area contributed by atoms with Crippen molar-refractivity contribution in [3.8, 4) is 10.6 Å². The number of likely N-dealkylation sites (tertiary alicyclic amines) is 1. The van der Waals surface area contributed by atoms with Gasteiger partial charge >= 0.3 is 0 Å². The van der Waals surface area contributed by atoms with Crippen molar-refractivity contribution in [2.45, 2.75) is 31.3 Å². The topological polar surface area (TPSA) is 63.8 Å². The highest BCUT2D eigenvalue weighted by molar-refractivity contribution is 7.15. The summed E-state index contributed by atoms with van der Waals surface area (Å²) < 4.78 is 0. The maximum atomic E-state index is 4.70. The lowest BCUT2D eigenvalue weighted by Gasteiger charge is -2.49. The molecule has 0 radical (unpaired) electrons. The highest BCUT2D eigenvalue weighted by atomic mass is 32.1. The van der Waals surface area contributed by atoms with Crippen LogP contribution in [-0.2, 0) is 18.5 Å². The third kappa shape index (κ3) is 2.62. The number of H-pyrrole nitrogens is 2. The van der Waals surface area contributed by atoms with Crippen LogP contribution in [0.25, 0.3) is 10.6 Å². The molecule has 0 aromatic carbocycles. The molecule has 1 saturated heterocycles. The van der Waals surface area contributed by atoms with Crippen molar-refractivity contribution >= 4 is 11.3 Å². The summed E-state index contributed by atoms with van der Waals surface area (Å²) in [5.74, 6) is 0. The molecule has 6 nitrogen and oxygen atoms in total. The lowest BCUT2D eigenvalue weighted by Crippen LogP contribution is -2.54. The molecular formula is C19H24N6S. The predicted octanol–water partition coefficient (Wildman–Crippen LogP) is 2.84. The zero-order valence-electron chi connectivity index (χ0n) is 15.0. The van der Waals surface area contributed by atoms with Gasteiger partial charge in [-0.15, -0.1) is 11.3 Å². The van der Waals surface area contributed by atoms with Crippen molar-refractivity contribution in [2.24, 2.45) is 0 Å². The van der Waals surface area contributed by atoms with Crippen LogP contribution in [0.4, 0.5) is 0 Å². The third-order valence-electron chi connectivity index (χ3n) is 6.08. The molecule has 0 atom stereocenters. The minimum absolute atomic E-state index is 0.126. The quantitative estimate of drug-likeness (QED) is 0.746. The number of hydrogen-bond acceptors (Lipinski definition) is 5.